The molecular weight excluding hydrogens is 456 g/mol. The molecule has 1 heterocycles. The lowest BCUT2D eigenvalue weighted by atomic mass is 9.87. The van der Waals surface area contributed by atoms with Gasteiger partial charge in [0.1, 0.15) is 18.0 Å². The lowest BCUT2D eigenvalue weighted by molar-refractivity contribution is -0.149. The summed E-state index contributed by atoms with van der Waals surface area (Å²) in [6.07, 6.45) is 2.61. The van der Waals surface area contributed by atoms with Gasteiger partial charge in [0.2, 0.25) is 17.7 Å². The third-order valence-electron chi connectivity index (χ3n) is 6.85. The summed E-state index contributed by atoms with van der Waals surface area (Å²) < 4.78 is 25.1. The van der Waals surface area contributed by atoms with Gasteiger partial charge in [-0.25, -0.2) is 8.42 Å². The summed E-state index contributed by atoms with van der Waals surface area (Å²) >= 11 is 0. The predicted octanol–water partition coefficient (Wildman–Crippen LogP) is 0.854. The molecule has 3 rings (SSSR count). The maximum Gasteiger partial charge on any atom is 0.247 e. The van der Waals surface area contributed by atoms with Gasteiger partial charge in [0.05, 0.1) is 17.8 Å². The van der Waals surface area contributed by atoms with Gasteiger partial charge in [-0.2, -0.15) is 0 Å². The van der Waals surface area contributed by atoms with E-state index in [0.717, 1.165) is 29.7 Å². The minimum Gasteiger partial charge on any atom is -0.347 e. The van der Waals surface area contributed by atoms with E-state index in [2.05, 4.69) is 10.6 Å². The Balaban J connectivity index is 1.84. The number of nitrogens with zero attached hydrogens (tertiary/aromatic N) is 2. The molecule has 1 aromatic carbocycles. The Morgan fingerprint density at radius 3 is 2.47 bits per heavy atom. The van der Waals surface area contributed by atoms with Crippen molar-refractivity contribution >= 4 is 27.6 Å². The van der Waals surface area contributed by atoms with E-state index in [1.165, 1.54) is 17.5 Å². The number of carbonyl (C=O) groups excluding carboxylic acids is 3. The fourth-order valence-electron chi connectivity index (χ4n) is 4.93. The summed E-state index contributed by atoms with van der Waals surface area (Å²) in [6, 6.07) is 5.16. The molecule has 0 radical (unpaired) electrons. The summed E-state index contributed by atoms with van der Waals surface area (Å²) in [7, 11) is -0.442. The molecule has 0 unspecified atom stereocenters. The van der Waals surface area contributed by atoms with Crippen molar-refractivity contribution in [2.45, 2.75) is 64.2 Å². The molecule has 34 heavy (non-hydrogen) atoms. The number of benzene rings is 1. The largest absolute Gasteiger partial charge is 0.347 e. The Morgan fingerprint density at radius 1 is 1.15 bits per heavy atom. The van der Waals surface area contributed by atoms with Crippen molar-refractivity contribution in [2.24, 2.45) is 5.92 Å². The van der Waals surface area contributed by atoms with Crippen LogP contribution in [0.1, 0.15) is 50.8 Å². The Labute approximate surface area is 202 Å². The van der Waals surface area contributed by atoms with E-state index in [1.54, 1.807) is 27.8 Å². The van der Waals surface area contributed by atoms with Gasteiger partial charge >= 0.3 is 0 Å². The lowest BCUT2D eigenvalue weighted by Crippen LogP contribution is -2.58. The minimum atomic E-state index is -3.63. The van der Waals surface area contributed by atoms with Crippen LogP contribution in [0.25, 0.3) is 0 Å². The van der Waals surface area contributed by atoms with Crippen LogP contribution < -0.4 is 10.6 Å². The third-order valence-corrected chi connectivity index (χ3v) is 8.34. The average molecular weight is 493 g/mol. The predicted molar refractivity (Wildman–Crippen MR) is 129 cm³/mol. The molecule has 0 saturated carbocycles. The third kappa shape index (κ3) is 5.43. The first-order valence-electron chi connectivity index (χ1n) is 11.8. The zero-order chi connectivity index (χ0) is 25.2. The number of likely N-dealkylation sites (N-methyl/N-ethyl adjacent to an activating group) is 2. The highest BCUT2D eigenvalue weighted by Crippen LogP contribution is 2.30. The maximum absolute atomic E-state index is 13.6. The van der Waals surface area contributed by atoms with Gasteiger partial charge in [0.25, 0.3) is 0 Å². The molecule has 0 spiro atoms. The number of hydrogen-bond acceptors (Lipinski definition) is 6. The quantitative estimate of drug-likeness (QED) is 0.583. The van der Waals surface area contributed by atoms with Crippen LogP contribution in [0.15, 0.2) is 24.3 Å². The zero-order valence-corrected chi connectivity index (χ0v) is 21.4. The van der Waals surface area contributed by atoms with Gasteiger partial charge < -0.3 is 20.4 Å². The second-order valence-electron chi connectivity index (χ2n) is 9.66. The fraction of sp³-hybridized carbons (Fsp3) is 0.625. The number of hydrogen-bond donors (Lipinski definition) is 2. The summed E-state index contributed by atoms with van der Waals surface area (Å²) in [6.45, 7) is 5.29. The standard InChI is InChI=1S/C24H36N4O5S/c1-15(2)21(27(5)23(30)16(3)25-4)24(31)28-14-34(32,33)13-20(28)22(29)26-19-12-8-10-17-9-6-7-11-18(17)19/h6-7,9,11,15-16,19-21,25H,8,10,12-14H2,1-5H3,(H,26,29)/t16-,19+,20-,21-/m0/s1. The van der Waals surface area contributed by atoms with Crippen molar-refractivity contribution in [1.29, 1.82) is 0 Å². The first-order valence-corrected chi connectivity index (χ1v) is 13.6. The molecule has 10 heteroatoms. The lowest BCUT2D eigenvalue weighted by Gasteiger charge is -2.36. The molecule has 0 bridgehead atoms. The first-order chi connectivity index (χ1) is 16.0. The summed E-state index contributed by atoms with van der Waals surface area (Å²) in [5, 5.41) is 5.86. The zero-order valence-electron chi connectivity index (χ0n) is 20.6. The topological polar surface area (TPSA) is 116 Å². The number of rotatable bonds is 7. The van der Waals surface area contributed by atoms with E-state index in [9.17, 15) is 22.8 Å². The second-order valence-corrected chi connectivity index (χ2v) is 11.7. The number of nitrogens with one attached hydrogen (secondary N) is 2. The number of fused-ring (bicyclic) bond motifs is 1. The van der Waals surface area contributed by atoms with Crippen molar-refractivity contribution in [3.63, 3.8) is 0 Å². The second kappa shape index (κ2) is 10.4. The molecule has 3 amide bonds. The molecule has 2 aliphatic rings. The molecule has 1 fully saturated rings. The van der Waals surface area contributed by atoms with Crippen LogP contribution in [0.2, 0.25) is 0 Å². The SMILES string of the molecule is CN[C@@H](C)C(=O)N(C)[C@H](C(=O)N1CS(=O)(=O)C[C@H]1C(=O)N[C@@H]1CCCc2ccccc21)C(C)C. The molecule has 4 atom stereocenters. The molecule has 1 saturated heterocycles. The van der Waals surface area contributed by atoms with Gasteiger partial charge in [-0.15, -0.1) is 0 Å². The van der Waals surface area contributed by atoms with Crippen LogP contribution in [0.4, 0.5) is 0 Å². The Hall–Kier alpha value is -2.46. The molecule has 188 valence electrons. The highest BCUT2D eigenvalue weighted by molar-refractivity contribution is 7.91. The average Bonchev–Trinajstić information content (AvgIpc) is 3.13. The van der Waals surface area contributed by atoms with Gasteiger partial charge in [-0.05, 0) is 50.3 Å². The van der Waals surface area contributed by atoms with Crippen molar-refractivity contribution in [3.05, 3.63) is 35.4 Å². The molecule has 1 aromatic rings. The first kappa shape index (κ1) is 26.2. The van der Waals surface area contributed by atoms with E-state index in [1.807, 2.05) is 24.3 Å². The number of carbonyl (C=O) groups is 3. The number of sulfone groups is 1. The van der Waals surface area contributed by atoms with Crippen LogP contribution in [0, 0.1) is 5.92 Å². The highest BCUT2D eigenvalue weighted by atomic mass is 32.2. The smallest absolute Gasteiger partial charge is 0.247 e. The van der Waals surface area contributed by atoms with Gasteiger partial charge in [0.15, 0.2) is 9.84 Å². The van der Waals surface area contributed by atoms with Crippen molar-refractivity contribution in [1.82, 2.24) is 20.4 Å². The maximum atomic E-state index is 13.6. The number of amides is 3. The van der Waals surface area contributed by atoms with E-state index < -0.39 is 51.4 Å². The molecule has 2 N–H and O–H groups in total. The molecule has 0 aromatic heterocycles. The number of aryl methyl sites for hydroxylation is 1. The molecule has 1 aliphatic carbocycles. The Morgan fingerprint density at radius 2 is 1.82 bits per heavy atom. The minimum absolute atomic E-state index is 0.223. The molecule has 1 aliphatic heterocycles. The van der Waals surface area contributed by atoms with E-state index in [0.29, 0.717) is 0 Å². The monoisotopic (exact) mass is 492 g/mol. The van der Waals surface area contributed by atoms with Crippen molar-refractivity contribution in [2.75, 3.05) is 25.7 Å². The normalized spacial score (nSPS) is 23.2. The van der Waals surface area contributed by atoms with Gasteiger partial charge in [-0.1, -0.05) is 38.1 Å². The summed E-state index contributed by atoms with van der Waals surface area (Å²) in [5.74, 6) is -2.51. The summed E-state index contributed by atoms with van der Waals surface area (Å²) in [4.78, 5) is 42.2. The van der Waals surface area contributed by atoms with Crippen LogP contribution in [-0.4, -0.2) is 79.8 Å². The Bertz CT molecular complexity index is 1040. The van der Waals surface area contributed by atoms with E-state index >= 15 is 0 Å². The van der Waals surface area contributed by atoms with Gasteiger partial charge in [0, 0.05) is 7.05 Å². The van der Waals surface area contributed by atoms with Crippen molar-refractivity contribution in [3.8, 4) is 0 Å². The Kier molecular flexibility index (Phi) is 8.02. The fourth-order valence-corrected chi connectivity index (χ4v) is 6.57. The van der Waals surface area contributed by atoms with Crippen molar-refractivity contribution < 1.29 is 22.8 Å². The van der Waals surface area contributed by atoms with Gasteiger partial charge in [-0.3, -0.25) is 14.4 Å². The highest BCUT2D eigenvalue weighted by Gasteiger charge is 2.47. The van der Waals surface area contributed by atoms with Crippen LogP contribution in [-0.2, 0) is 30.6 Å². The van der Waals surface area contributed by atoms with E-state index in [4.69, 9.17) is 0 Å². The van der Waals surface area contributed by atoms with Crippen LogP contribution in [0.3, 0.4) is 0 Å². The van der Waals surface area contributed by atoms with Crippen LogP contribution >= 0.6 is 0 Å². The summed E-state index contributed by atoms with van der Waals surface area (Å²) in [5.41, 5.74) is 2.21. The van der Waals surface area contributed by atoms with E-state index in [-0.39, 0.29) is 17.9 Å². The molecular formula is C24H36N4O5S. The van der Waals surface area contributed by atoms with Crippen LogP contribution in [0.5, 0.6) is 0 Å². The molecule has 9 nitrogen and oxygen atoms in total.